The fourth-order valence-electron chi connectivity index (χ4n) is 4.85. The van der Waals surface area contributed by atoms with Gasteiger partial charge in [-0.25, -0.2) is 0 Å². The minimum atomic E-state index is -0.752. The van der Waals surface area contributed by atoms with Crippen LogP contribution in [-0.2, 0) is 6.54 Å². The second-order valence-electron chi connectivity index (χ2n) is 8.50. The van der Waals surface area contributed by atoms with Crippen molar-refractivity contribution in [2.45, 2.75) is 26.4 Å². The number of hydrogen-bond donors (Lipinski definition) is 0. The van der Waals surface area contributed by atoms with Crippen LogP contribution in [0.15, 0.2) is 56.3 Å². The third-order valence-electron chi connectivity index (χ3n) is 6.32. The molecular formula is C27H25NO7. The van der Waals surface area contributed by atoms with Gasteiger partial charge >= 0.3 is 0 Å². The van der Waals surface area contributed by atoms with E-state index in [0.29, 0.717) is 39.5 Å². The number of fused-ring (bicyclic) bond motifs is 2. The molecule has 180 valence electrons. The molecule has 4 aromatic rings. The summed E-state index contributed by atoms with van der Waals surface area (Å²) in [4.78, 5) is 29.1. The Hall–Kier alpha value is -4.20. The molecule has 3 heterocycles. The van der Waals surface area contributed by atoms with Crippen molar-refractivity contribution in [1.29, 1.82) is 0 Å². The lowest BCUT2D eigenvalue weighted by molar-refractivity contribution is 0.0701. The molecule has 8 nitrogen and oxygen atoms in total. The predicted molar refractivity (Wildman–Crippen MR) is 128 cm³/mol. The quantitative estimate of drug-likeness (QED) is 0.397. The zero-order chi connectivity index (χ0) is 24.9. The summed E-state index contributed by atoms with van der Waals surface area (Å²) in [5.41, 5.74) is 2.77. The zero-order valence-corrected chi connectivity index (χ0v) is 20.1. The molecule has 1 aliphatic rings. The lowest BCUT2D eigenvalue weighted by atomic mass is 9.96. The Bertz CT molecular complexity index is 1480. The highest BCUT2D eigenvalue weighted by molar-refractivity contribution is 5.99. The van der Waals surface area contributed by atoms with Gasteiger partial charge in [0.05, 0.1) is 51.1 Å². The van der Waals surface area contributed by atoms with E-state index in [-0.39, 0.29) is 23.3 Å². The Morgan fingerprint density at radius 3 is 2.29 bits per heavy atom. The highest BCUT2D eigenvalue weighted by Gasteiger charge is 2.44. The minimum absolute atomic E-state index is 0.0257. The van der Waals surface area contributed by atoms with Crippen molar-refractivity contribution in [3.8, 4) is 17.2 Å². The van der Waals surface area contributed by atoms with Gasteiger partial charge in [-0.05, 0) is 60.9 Å². The SMILES string of the molecule is COc1cc(C2c3c(oc4cc(C)cc(C)c4c3=O)C(=O)N2Cc2ccco2)cc(OC)c1OC. The van der Waals surface area contributed by atoms with Gasteiger partial charge in [0.1, 0.15) is 11.3 Å². The molecule has 1 unspecified atom stereocenters. The highest BCUT2D eigenvalue weighted by atomic mass is 16.5. The molecule has 0 saturated heterocycles. The van der Waals surface area contributed by atoms with E-state index >= 15 is 0 Å². The summed E-state index contributed by atoms with van der Waals surface area (Å²) < 4.78 is 28.2. The average Bonchev–Trinajstić information content (AvgIpc) is 3.45. The highest BCUT2D eigenvalue weighted by Crippen LogP contribution is 2.45. The third-order valence-corrected chi connectivity index (χ3v) is 6.32. The average molecular weight is 475 g/mol. The molecule has 2 aromatic carbocycles. The molecule has 0 aliphatic carbocycles. The van der Waals surface area contributed by atoms with Crippen LogP contribution in [0, 0.1) is 13.8 Å². The maximum atomic E-state index is 13.9. The number of carbonyl (C=O) groups excluding carboxylic acids is 1. The summed E-state index contributed by atoms with van der Waals surface area (Å²) in [5.74, 6) is 1.45. The molecule has 5 rings (SSSR count). The normalized spacial score (nSPS) is 14.9. The molecule has 0 radical (unpaired) electrons. The third kappa shape index (κ3) is 3.53. The van der Waals surface area contributed by atoms with Crippen LogP contribution in [0.1, 0.15) is 44.6 Å². The van der Waals surface area contributed by atoms with E-state index in [1.807, 2.05) is 19.9 Å². The molecular weight excluding hydrogens is 450 g/mol. The monoisotopic (exact) mass is 475 g/mol. The number of rotatable bonds is 6. The van der Waals surface area contributed by atoms with Gasteiger partial charge in [-0.2, -0.15) is 0 Å². The first-order valence-corrected chi connectivity index (χ1v) is 11.1. The summed E-state index contributed by atoms with van der Waals surface area (Å²) in [6, 6.07) is 9.98. The largest absolute Gasteiger partial charge is 0.493 e. The molecule has 0 bridgehead atoms. The van der Waals surface area contributed by atoms with E-state index in [4.69, 9.17) is 23.0 Å². The van der Waals surface area contributed by atoms with Gasteiger partial charge in [0.25, 0.3) is 5.91 Å². The number of ether oxygens (including phenoxy) is 3. The number of amides is 1. The number of benzene rings is 2. The Labute approximate surface area is 201 Å². The Morgan fingerprint density at radius 2 is 1.69 bits per heavy atom. The Balaban J connectivity index is 1.80. The molecule has 2 aromatic heterocycles. The standard InChI is InChI=1S/C27H25NO7/c1-14-9-15(2)21-18(10-14)35-26-22(24(21)29)23(28(27(26)30)13-17-7-6-8-34-17)16-11-19(31-3)25(33-5)20(12-16)32-4/h6-12,23H,13H2,1-5H3. The fraction of sp³-hybridized carbons (Fsp3) is 0.259. The first-order valence-electron chi connectivity index (χ1n) is 11.1. The molecule has 35 heavy (non-hydrogen) atoms. The number of carbonyl (C=O) groups is 1. The summed E-state index contributed by atoms with van der Waals surface area (Å²) in [6.45, 7) is 3.93. The summed E-state index contributed by atoms with van der Waals surface area (Å²) in [5, 5.41) is 0.458. The number of aryl methyl sites for hydroxylation is 2. The Morgan fingerprint density at radius 1 is 0.971 bits per heavy atom. The van der Waals surface area contributed by atoms with Gasteiger partial charge < -0.3 is 27.9 Å². The van der Waals surface area contributed by atoms with Crippen LogP contribution in [0.4, 0.5) is 0 Å². The van der Waals surface area contributed by atoms with Crippen LogP contribution in [0.3, 0.4) is 0 Å². The summed E-state index contributed by atoms with van der Waals surface area (Å²) in [6.07, 6.45) is 1.54. The van der Waals surface area contributed by atoms with Crippen molar-refractivity contribution in [2.75, 3.05) is 21.3 Å². The molecule has 0 spiro atoms. The lowest BCUT2D eigenvalue weighted by Crippen LogP contribution is -2.29. The first kappa shape index (κ1) is 22.6. The predicted octanol–water partition coefficient (Wildman–Crippen LogP) is 4.77. The van der Waals surface area contributed by atoms with E-state index in [1.54, 1.807) is 41.5 Å². The first-order chi connectivity index (χ1) is 16.9. The van der Waals surface area contributed by atoms with Crippen LogP contribution < -0.4 is 19.6 Å². The number of methoxy groups -OCH3 is 3. The van der Waals surface area contributed by atoms with Crippen molar-refractivity contribution < 1.29 is 27.8 Å². The second kappa shape index (κ2) is 8.54. The molecule has 1 atom stereocenters. The van der Waals surface area contributed by atoms with Crippen LogP contribution in [0.2, 0.25) is 0 Å². The maximum Gasteiger partial charge on any atom is 0.291 e. The molecule has 8 heteroatoms. The topological polar surface area (TPSA) is 91.4 Å². The van der Waals surface area contributed by atoms with Crippen LogP contribution in [0.25, 0.3) is 11.0 Å². The number of hydrogen-bond acceptors (Lipinski definition) is 7. The maximum absolute atomic E-state index is 13.9. The lowest BCUT2D eigenvalue weighted by Gasteiger charge is -2.25. The molecule has 1 amide bonds. The van der Waals surface area contributed by atoms with Crippen LogP contribution in [0.5, 0.6) is 17.2 Å². The summed E-state index contributed by atoms with van der Waals surface area (Å²) in [7, 11) is 4.55. The van der Waals surface area contributed by atoms with E-state index in [2.05, 4.69) is 0 Å². The number of nitrogens with zero attached hydrogens (tertiary/aromatic N) is 1. The van der Waals surface area contributed by atoms with Crippen molar-refractivity contribution in [3.63, 3.8) is 0 Å². The fourth-order valence-corrected chi connectivity index (χ4v) is 4.85. The molecule has 0 saturated carbocycles. The van der Waals surface area contributed by atoms with Gasteiger partial charge in [-0.1, -0.05) is 6.07 Å². The van der Waals surface area contributed by atoms with Crippen molar-refractivity contribution >= 4 is 16.9 Å². The molecule has 0 fully saturated rings. The van der Waals surface area contributed by atoms with Crippen molar-refractivity contribution in [3.05, 3.63) is 86.7 Å². The van der Waals surface area contributed by atoms with Gasteiger partial charge in [0, 0.05) is 0 Å². The minimum Gasteiger partial charge on any atom is -0.493 e. The van der Waals surface area contributed by atoms with Gasteiger partial charge in [-0.3, -0.25) is 9.59 Å². The van der Waals surface area contributed by atoms with E-state index in [9.17, 15) is 9.59 Å². The van der Waals surface area contributed by atoms with E-state index in [0.717, 1.165) is 11.1 Å². The van der Waals surface area contributed by atoms with Crippen LogP contribution >= 0.6 is 0 Å². The Kier molecular flexibility index (Phi) is 5.51. The second-order valence-corrected chi connectivity index (χ2v) is 8.50. The van der Waals surface area contributed by atoms with Gasteiger partial charge in [0.15, 0.2) is 16.9 Å². The van der Waals surface area contributed by atoms with Crippen LogP contribution in [-0.4, -0.2) is 32.1 Å². The van der Waals surface area contributed by atoms with Gasteiger partial charge in [0.2, 0.25) is 11.5 Å². The van der Waals surface area contributed by atoms with Crippen molar-refractivity contribution in [1.82, 2.24) is 4.90 Å². The molecule has 1 aliphatic heterocycles. The smallest absolute Gasteiger partial charge is 0.291 e. The number of furan rings is 1. The van der Waals surface area contributed by atoms with E-state index < -0.39 is 11.9 Å². The van der Waals surface area contributed by atoms with E-state index in [1.165, 1.54) is 21.3 Å². The van der Waals surface area contributed by atoms with Gasteiger partial charge in [-0.15, -0.1) is 0 Å². The van der Waals surface area contributed by atoms with Crippen molar-refractivity contribution in [2.24, 2.45) is 0 Å². The zero-order valence-electron chi connectivity index (χ0n) is 20.1. The molecule has 0 N–H and O–H groups in total. The summed E-state index contributed by atoms with van der Waals surface area (Å²) >= 11 is 0.